The van der Waals surface area contributed by atoms with Crippen molar-refractivity contribution in [1.29, 1.82) is 0 Å². The molecule has 140 valence electrons. The zero-order valence-electron chi connectivity index (χ0n) is 15.9. The number of methoxy groups -OCH3 is 2. The van der Waals surface area contributed by atoms with Crippen LogP contribution in [0.1, 0.15) is 34.2 Å². The first-order valence-corrected chi connectivity index (χ1v) is 8.47. The summed E-state index contributed by atoms with van der Waals surface area (Å²) in [4.78, 5) is 24.4. The smallest absolute Gasteiger partial charge is 0.310 e. The van der Waals surface area contributed by atoms with Crippen LogP contribution in [0.2, 0.25) is 0 Å². The van der Waals surface area contributed by atoms with Gasteiger partial charge in [0.05, 0.1) is 20.6 Å². The number of hydrogen-bond donors (Lipinski definition) is 0. The predicted molar refractivity (Wildman–Crippen MR) is 98.1 cm³/mol. The Morgan fingerprint density at radius 1 is 1.04 bits per heavy atom. The minimum atomic E-state index is -0.463. The maximum absolute atomic E-state index is 12.4. The highest BCUT2D eigenvalue weighted by Gasteiger charge is 2.17. The number of nitrogens with zero attached hydrogens (tertiary/aromatic N) is 1. The van der Waals surface area contributed by atoms with Crippen LogP contribution in [0.5, 0.6) is 11.5 Å². The average molecular weight is 359 g/mol. The molecular formula is C20H25NO5. The molecule has 6 nitrogen and oxygen atoms in total. The van der Waals surface area contributed by atoms with Crippen LogP contribution in [0.3, 0.4) is 0 Å². The fraction of sp³-hybridized carbons (Fsp3) is 0.400. The molecule has 2 aromatic rings. The lowest BCUT2D eigenvalue weighted by atomic mass is 10.1. The summed E-state index contributed by atoms with van der Waals surface area (Å²) < 4.78 is 17.6. The molecule has 2 rings (SSSR count). The van der Waals surface area contributed by atoms with Crippen molar-refractivity contribution >= 4 is 11.8 Å². The van der Waals surface area contributed by atoms with E-state index >= 15 is 0 Å². The number of Topliss-reactive ketones (excluding diaryl/α,β-unsaturated/α-hetero) is 1. The average Bonchev–Trinajstić information content (AvgIpc) is 2.93. The third kappa shape index (κ3) is 4.25. The zero-order chi connectivity index (χ0) is 19.3. The molecule has 0 aliphatic rings. The van der Waals surface area contributed by atoms with Gasteiger partial charge in [0.1, 0.15) is 0 Å². The van der Waals surface area contributed by atoms with Crippen LogP contribution in [0.4, 0.5) is 0 Å². The normalized spacial score (nSPS) is 10.5. The monoisotopic (exact) mass is 359 g/mol. The fourth-order valence-electron chi connectivity index (χ4n) is 3.00. The number of hydrogen-bond acceptors (Lipinski definition) is 5. The van der Waals surface area contributed by atoms with E-state index in [1.165, 1.54) is 7.11 Å². The van der Waals surface area contributed by atoms with E-state index in [1.54, 1.807) is 25.3 Å². The number of esters is 1. The molecule has 0 unspecified atom stereocenters. The van der Waals surface area contributed by atoms with E-state index in [2.05, 4.69) is 4.57 Å². The minimum Gasteiger partial charge on any atom is -0.493 e. The second kappa shape index (κ2) is 8.56. The van der Waals surface area contributed by atoms with Gasteiger partial charge in [0.15, 0.2) is 18.1 Å². The lowest BCUT2D eigenvalue weighted by Gasteiger charge is -2.09. The number of aromatic nitrogens is 1. The Bertz CT molecular complexity index is 807. The highest BCUT2D eigenvalue weighted by Crippen LogP contribution is 2.27. The Labute approximate surface area is 153 Å². The molecule has 0 fully saturated rings. The van der Waals surface area contributed by atoms with Gasteiger partial charge in [-0.25, -0.2) is 0 Å². The van der Waals surface area contributed by atoms with Gasteiger partial charge in [-0.15, -0.1) is 0 Å². The lowest BCUT2D eigenvalue weighted by molar-refractivity contribution is -0.141. The second-order valence-electron chi connectivity index (χ2n) is 5.98. The number of aryl methyl sites for hydroxylation is 1. The highest BCUT2D eigenvalue weighted by molar-refractivity contribution is 5.99. The molecule has 0 bridgehead atoms. The molecule has 0 atom stereocenters. The van der Waals surface area contributed by atoms with Gasteiger partial charge in [0, 0.05) is 23.5 Å². The van der Waals surface area contributed by atoms with Crippen molar-refractivity contribution in [2.45, 2.75) is 33.7 Å². The van der Waals surface area contributed by atoms with Crippen molar-refractivity contribution in [3.05, 3.63) is 46.8 Å². The van der Waals surface area contributed by atoms with Crippen molar-refractivity contribution < 1.29 is 23.8 Å². The van der Waals surface area contributed by atoms with Crippen molar-refractivity contribution in [1.82, 2.24) is 4.57 Å². The molecule has 1 heterocycles. The van der Waals surface area contributed by atoms with Crippen LogP contribution >= 0.6 is 0 Å². The SMILES string of the molecule is CCn1c(C)cc(C(=O)COC(=O)Cc2ccc(OC)c(OC)c2)c1C. The van der Waals surface area contributed by atoms with E-state index in [0.29, 0.717) is 17.1 Å². The molecule has 0 radical (unpaired) electrons. The molecule has 0 aliphatic heterocycles. The zero-order valence-corrected chi connectivity index (χ0v) is 15.9. The summed E-state index contributed by atoms with van der Waals surface area (Å²) in [5.41, 5.74) is 3.24. The number of carbonyl (C=O) groups is 2. The first-order chi connectivity index (χ1) is 12.4. The summed E-state index contributed by atoms with van der Waals surface area (Å²) in [6.07, 6.45) is 0.0572. The van der Waals surface area contributed by atoms with Crippen molar-refractivity contribution in [3.8, 4) is 11.5 Å². The van der Waals surface area contributed by atoms with Crippen molar-refractivity contribution in [3.63, 3.8) is 0 Å². The summed E-state index contributed by atoms with van der Waals surface area (Å²) in [5, 5.41) is 0. The maximum atomic E-state index is 12.4. The molecule has 1 aromatic carbocycles. The van der Waals surface area contributed by atoms with E-state index in [1.807, 2.05) is 26.8 Å². The molecule has 0 saturated carbocycles. The first kappa shape index (κ1) is 19.6. The van der Waals surface area contributed by atoms with Crippen LogP contribution in [0.25, 0.3) is 0 Å². The predicted octanol–water partition coefficient (Wildman–Crippen LogP) is 3.11. The number of carbonyl (C=O) groups excluding carboxylic acids is 2. The molecule has 26 heavy (non-hydrogen) atoms. The molecule has 0 spiro atoms. The van der Waals surface area contributed by atoms with E-state index in [4.69, 9.17) is 14.2 Å². The summed E-state index contributed by atoms with van der Waals surface area (Å²) in [7, 11) is 3.08. The van der Waals surface area contributed by atoms with Crippen LogP contribution in [-0.4, -0.2) is 37.1 Å². The molecule has 6 heteroatoms. The van der Waals surface area contributed by atoms with Crippen molar-refractivity contribution in [2.75, 3.05) is 20.8 Å². The fourth-order valence-corrected chi connectivity index (χ4v) is 3.00. The largest absolute Gasteiger partial charge is 0.493 e. The van der Waals surface area contributed by atoms with Gasteiger partial charge in [-0.1, -0.05) is 6.07 Å². The minimum absolute atomic E-state index is 0.0572. The lowest BCUT2D eigenvalue weighted by Crippen LogP contribution is -2.16. The molecule has 0 N–H and O–H groups in total. The van der Waals surface area contributed by atoms with E-state index in [9.17, 15) is 9.59 Å². The third-order valence-corrected chi connectivity index (χ3v) is 4.35. The molecule has 0 amide bonds. The summed E-state index contributed by atoms with van der Waals surface area (Å²) in [6, 6.07) is 7.05. The molecular weight excluding hydrogens is 334 g/mol. The van der Waals surface area contributed by atoms with Crippen LogP contribution < -0.4 is 9.47 Å². The van der Waals surface area contributed by atoms with Gasteiger partial charge in [-0.2, -0.15) is 0 Å². The third-order valence-electron chi connectivity index (χ3n) is 4.35. The van der Waals surface area contributed by atoms with Gasteiger partial charge in [-0.3, -0.25) is 9.59 Å². The van der Waals surface area contributed by atoms with Crippen LogP contribution in [-0.2, 0) is 22.5 Å². The van der Waals surface area contributed by atoms with Gasteiger partial charge < -0.3 is 18.8 Å². The van der Waals surface area contributed by atoms with E-state index in [-0.39, 0.29) is 18.8 Å². The quantitative estimate of drug-likeness (QED) is 0.535. The van der Waals surface area contributed by atoms with Gasteiger partial charge in [-0.05, 0) is 44.5 Å². The first-order valence-electron chi connectivity index (χ1n) is 8.47. The van der Waals surface area contributed by atoms with Gasteiger partial charge in [0.2, 0.25) is 5.78 Å². The number of ether oxygens (including phenoxy) is 3. The Balaban J connectivity index is 1.97. The summed E-state index contributed by atoms with van der Waals surface area (Å²) >= 11 is 0. The van der Waals surface area contributed by atoms with E-state index in [0.717, 1.165) is 23.5 Å². The second-order valence-corrected chi connectivity index (χ2v) is 5.98. The van der Waals surface area contributed by atoms with E-state index < -0.39 is 5.97 Å². The number of rotatable bonds is 8. The standard InChI is InChI=1S/C20H25NO5/c1-6-21-13(2)9-16(14(21)3)17(22)12-26-20(23)11-15-7-8-18(24-4)19(10-15)25-5/h7-10H,6,11-12H2,1-5H3. The van der Waals surface area contributed by atoms with Crippen molar-refractivity contribution in [2.24, 2.45) is 0 Å². The topological polar surface area (TPSA) is 66.8 Å². The number of ketones is 1. The Morgan fingerprint density at radius 2 is 1.73 bits per heavy atom. The summed E-state index contributed by atoms with van der Waals surface area (Å²) in [5.74, 6) is 0.472. The molecule has 1 aromatic heterocycles. The Kier molecular flexibility index (Phi) is 6.44. The highest BCUT2D eigenvalue weighted by atomic mass is 16.5. The van der Waals surface area contributed by atoms with Gasteiger partial charge in [0.25, 0.3) is 0 Å². The maximum Gasteiger partial charge on any atom is 0.310 e. The Hall–Kier alpha value is -2.76. The van der Waals surface area contributed by atoms with Gasteiger partial charge >= 0.3 is 5.97 Å². The van der Waals surface area contributed by atoms with Crippen LogP contribution in [0, 0.1) is 13.8 Å². The number of benzene rings is 1. The Morgan fingerprint density at radius 3 is 2.31 bits per heavy atom. The van der Waals surface area contributed by atoms with Crippen LogP contribution in [0.15, 0.2) is 24.3 Å². The molecule has 0 aliphatic carbocycles. The molecule has 0 saturated heterocycles. The summed E-state index contributed by atoms with van der Waals surface area (Å²) in [6.45, 7) is 6.41.